The number of esters is 1. The molecule has 0 radical (unpaired) electrons. The number of benzene rings is 1. The predicted octanol–water partition coefficient (Wildman–Crippen LogP) is 5.94. The van der Waals surface area contributed by atoms with E-state index >= 15 is 0 Å². The van der Waals surface area contributed by atoms with Crippen LogP contribution in [-0.4, -0.2) is 42.2 Å². The van der Waals surface area contributed by atoms with E-state index in [2.05, 4.69) is 26.0 Å². The number of thioether (sulfide) groups is 2. The first kappa shape index (κ1) is 26.1. The van der Waals surface area contributed by atoms with Crippen LogP contribution in [0.5, 0.6) is 0 Å². The van der Waals surface area contributed by atoms with Crippen LogP contribution in [0, 0.1) is 13.8 Å². The van der Waals surface area contributed by atoms with Gasteiger partial charge in [0.25, 0.3) is 0 Å². The lowest BCUT2D eigenvalue weighted by atomic mass is 10.2. The zero-order valence-electron chi connectivity index (χ0n) is 17.5. The Morgan fingerprint density at radius 2 is 1.97 bits per heavy atom. The molecule has 1 aliphatic heterocycles. The standard InChI is InChI=1S/C21H25BrF3NO3S2/c1-12-10-14(11-13(2)19(12)22)30-16(6-8-21(23,24)25)15-4-5-17(31-15)20(28)26-9-7-18(27)29-3/h4,10-11,16-17H,5-9H2,1-3H3,(H,26,28). The summed E-state index contributed by atoms with van der Waals surface area (Å²) in [7, 11) is 1.28. The van der Waals surface area contributed by atoms with Gasteiger partial charge < -0.3 is 10.1 Å². The Bertz CT molecular complexity index is 823. The van der Waals surface area contributed by atoms with Gasteiger partial charge in [0.15, 0.2) is 0 Å². The lowest BCUT2D eigenvalue weighted by Gasteiger charge is -2.20. The van der Waals surface area contributed by atoms with E-state index < -0.39 is 23.8 Å². The number of hydrogen-bond donors (Lipinski definition) is 1. The topological polar surface area (TPSA) is 55.4 Å². The first-order chi connectivity index (χ1) is 14.5. The number of carbonyl (C=O) groups excluding carboxylic acids is 2. The summed E-state index contributed by atoms with van der Waals surface area (Å²) in [6.45, 7) is 4.07. The van der Waals surface area contributed by atoms with Crippen LogP contribution in [0.3, 0.4) is 0 Å². The zero-order chi connectivity index (χ0) is 23.2. The molecule has 2 rings (SSSR count). The number of nitrogens with one attached hydrogen (secondary N) is 1. The van der Waals surface area contributed by atoms with Crippen molar-refractivity contribution < 1.29 is 27.5 Å². The molecule has 4 nitrogen and oxygen atoms in total. The van der Waals surface area contributed by atoms with Crippen molar-refractivity contribution in [1.82, 2.24) is 5.32 Å². The predicted molar refractivity (Wildman–Crippen MR) is 122 cm³/mol. The number of methoxy groups -OCH3 is 1. The molecule has 1 N–H and O–H groups in total. The lowest BCUT2D eigenvalue weighted by Crippen LogP contribution is -2.33. The second-order valence-electron chi connectivity index (χ2n) is 7.20. The van der Waals surface area contributed by atoms with Crippen LogP contribution in [0.4, 0.5) is 13.2 Å². The molecule has 1 heterocycles. The molecule has 1 aliphatic rings. The van der Waals surface area contributed by atoms with Gasteiger partial charge in [0.1, 0.15) is 0 Å². The molecule has 10 heteroatoms. The minimum atomic E-state index is -4.24. The van der Waals surface area contributed by atoms with Gasteiger partial charge in [-0.1, -0.05) is 22.0 Å². The van der Waals surface area contributed by atoms with Crippen LogP contribution >= 0.6 is 39.5 Å². The van der Waals surface area contributed by atoms with Crippen LogP contribution in [0.25, 0.3) is 0 Å². The van der Waals surface area contributed by atoms with E-state index in [0.717, 1.165) is 25.4 Å². The summed E-state index contributed by atoms with van der Waals surface area (Å²) in [5.41, 5.74) is 2.04. The van der Waals surface area contributed by atoms with E-state index in [-0.39, 0.29) is 30.5 Å². The lowest BCUT2D eigenvalue weighted by molar-refractivity contribution is -0.140. The Hall–Kier alpha value is -1.13. The van der Waals surface area contributed by atoms with E-state index in [1.54, 1.807) is 0 Å². The van der Waals surface area contributed by atoms with Crippen LogP contribution < -0.4 is 5.32 Å². The average molecular weight is 540 g/mol. The Balaban J connectivity index is 2.05. The van der Waals surface area contributed by atoms with Crippen molar-refractivity contribution in [2.45, 2.75) is 61.1 Å². The zero-order valence-corrected chi connectivity index (χ0v) is 20.7. The molecule has 0 bridgehead atoms. The number of hydrogen-bond acceptors (Lipinski definition) is 5. The Morgan fingerprint density at radius 1 is 1.32 bits per heavy atom. The van der Waals surface area contributed by atoms with Crippen molar-refractivity contribution in [3.05, 3.63) is 38.7 Å². The Labute approximate surface area is 197 Å². The van der Waals surface area contributed by atoms with Gasteiger partial charge in [-0.25, -0.2) is 0 Å². The molecule has 1 aromatic carbocycles. The number of ether oxygens (including phenoxy) is 1. The summed E-state index contributed by atoms with van der Waals surface area (Å²) >= 11 is 6.22. The van der Waals surface area contributed by atoms with Gasteiger partial charge >= 0.3 is 12.1 Å². The third-order valence-electron chi connectivity index (χ3n) is 4.66. The molecule has 2 atom stereocenters. The summed E-state index contributed by atoms with van der Waals surface area (Å²) in [4.78, 5) is 25.2. The van der Waals surface area contributed by atoms with Gasteiger partial charge in [-0.05, 0) is 54.9 Å². The maximum Gasteiger partial charge on any atom is 0.389 e. The number of allylic oxidation sites excluding steroid dienone is 1. The van der Waals surface area contributed by atoms with Crippen molar-refractivity contribution in [3.63, 3.8) is 0 Å². The first-order valence-corrected chi connectivity index (χ1v) is 12.3. The summed E-state index contributed by atoms with van der Waals surface area (Å²) in [6.07, 6.45) is -2.79. The van der Waals surface area contributed by atoms with Crippen LogP contribution in [0.15, 0.2) is 32.5 Å². The molecule has 31 heavy (non-hydrogen) atoms. The fraction of sp³-hybridized carbons (Fsp3) is 0.524. The van der Waals surface area contributed by atoms with E-state index in [0.29, 0.717) is 6.42 Å². The smallest absolute Gasteiger partial charge is 0.389 e. The molecule has 0 saturated carbocycles. The van der Waals surface area contributed by atoms with E-state index in [1.807, 2.05) is 32.1 Å². The highest BCUT2D eigenvalue weighted by Gasteiger charge is 2.33. The number of rotatable bonds is 9. The minimum Gasteiger partial charge on any atom is -0.469 e. The maximum atomic E-state index is 12.9. The van der Waals surface area contributed by atoms with Gasteiger partial charge in [0.05, 0.1) is 18.8 Å². The second-order valence-corrected chi connectivity index (χ2v) is 10.5. The first-order valence-electron chi connectivity index (χ1n) is 9.71. The van der Waals surface area contributed by atoms with Crippen molar-refractivity contribution >= 4 is 51.3 Å². The molecule has 1 amide bonds. The minimum absolute atomic E-state index is 0.0577. The highest BCUT2D eigenvalue weighted by atomic mass is 79.9. The average Bonchev–Trinajstić information content (AvgIpc) is 3.18. The second kappa shape index (κ2) is 11.7. The number of alkyl halides is 3. The van der Waals surface area contributed by atoms with Gasteiger partial charge in [0.2, 0.25) is 5.91 Å². The van der Waals surface area contributed by atoms with E-state index in [1.165, 1.54) is 30.6 Å². The number of halogens is 4. The van der Waals surface area contributed by atoms with Gasteiger partial charge in [-0.2, -0.15) is 13.2 Å². The van der Waals surface area contributed by atoms with E-state index in [4.69, 9.17) is 0 Å². The molecule has 0 spiro atoms. The van der Waals surface area contributed by atoms with Crippen LogP contribution in [0.1, 0.15) is 36.8 Å². The third-order valence-corrected chi connectivity index (χ3v) is 8.75. The van der Waals surface area contributed by atoms with Crippen molar-refractivity contribution in [2.75, 3.05) is 13.7 Å². The molecule has 2 unspecified atom stereocenters. The monoisotopic (exact) mass is 539 g/mol. The number of carbonyl (C=O) groups is 2. The van der Waals surface area contributed by atoms with Crippen LogP contribution in [-0.2, 0) is 14.3 Å². The van der Waals surface area contributed by atoms with Crippen molar-refractivity contribution in [2.24, 2.45) is 0 Å². The highest BCUT2D eigenvalue weighted by molar-refractivity contribution is 9.10. The molecule has 1 aromatic rings. The molecule has 172 valence electrons. The van der Waals surface area contributed by atoms with Gasteiger partial charge in [0, 0.05) is 27.6 Å². The molecular formula is C21H25BrF3NO3S2. The SMILES string of the molecule is COC(=O)CCNC(=O)C1CC=C(C(CCC(F)(F)F)Sc2cc(C)c(Br)c(C)c2)S1. The number of amides is 1. The fourth-order valence-electron chi connectivity index (χ4n) is 3.05. The van der Waals surface area contributed by atoms with Crippen LogP contribution in [0.2, 0.25) is 0 Å². The quantitative estimate of drug-likeness (QED) is 0.311. The number of aryl methyl sites for hydroxylation is 2. The maximum absolute atomic E-state index is 12.9. The molecule has 0 aromatic heterocycles. The van der Waals surface area contributed by atoms with E-state index in [9.17, 15) is 22.8 Å². The fourth-order valence-corrected chi connectivity index (χ4v) is 6.03. The molecule has 0 saturated heterocycles. The molecular weight excluding hydrogens is 515 g/mol. The molecule has 0 fully saturated rings. The summed E-state index contributed by atoms with van der Waals surface area (Å²) in [5.74, 6) is -0.642. The third kappa shape index (κ3) is 8.38. The normalized spacial score (nSPS) is 17.3. The summed E-state index contributed by atoms with van der Waals surface area (Å²) in [5, 5.41) is 1.89. The van der Waals surface area contributed by atoms with Crippen molar-refractivity contribution in [3.8, 4) is 0 Å². The largest absolute Gasteiger partial charge is 0.469 e. The summed E-state index contributed by atoms with van der Waals surface area (Å²) < 4.78 is 44.3. The summed E-state index contributed by atoms with van der Waals surface area (Å²) in [6, 6.07) is 3.92. The van der Waals surface area contributed by atoms with Crippen molar-refractivity contribution in [1.29, 1.82) is 0 Å². The Kier molecular flexibility index (Phi) is 9.82. The highest BCUT2D eigenvalue weighted by Crippen LogP contribution is 2.44. The van der Waals surface area contributed by atoms with Gasteiger partial charge in [-0.15, -0.1) is 23.5 Å². The van der Waals surface area contributed by atoms with Gasteiger partial charge in [-0.3, -0.25) is 9.59 Å². The Morgan fingerprint density at radius 3 is 2.55 bits per heavy atom. The molecule has 0 aliphatic carbocycles.